The van der Waals surface area contributed by atoms with Crippen LogP contribution in [-0.4, -0.2) is 6.54 Å². The molecule has 2 rings (SSSR count). The molecule has 108 valence electrons. The van der Waals surface area contributed by atoms with E-state index in [0.29, 0.717) is 6.04 Å². The van der Waals surface area contributed by atoms with E-state index < -0.39 is 0 Å². The molecule has 1 saturated carbocycles. The summed E-state index contributed by atoms with van der Waals surface area (Å²) in [7, 11) is 0. The van der Waals surface area contributed by atoms with Gasteiger partial charge < -0.3 is 9.73 Å². The third kappa shape index (κ3) is 3.85. The van der Waals surface area contributed by atoms with Gasteiger partial charge in [-0.3, -0.25) is 0 Å². The van der Waals surface area contributed by atoms with Crippen LogP contribution in [-0.2, 0) is 0 Å². The third-order valence-electron chi connectivity index (χ3n) is 4.40. The average molecular weight is 263 g/mol. The van der Waals surface area contributed by atoms with Crippen molar-refractivity contribution in [3.63, 3.8) is 0 Å². The highest BCUT2D eigenvalue weighted by Gasteiger charge is 2.26. The molecule has 0 radical (unpaired) electrons. The Morgan fingerprint density at radius 2 is 1.89 bits per heavy atom. The Labute approximate surface area is 118 Å². The lowest BCUT2D eigenvalue weighted by atomic mass is 9.87. The standard InChI is InChI=1S/C17H29NO/c1-4-11-18-17(15-9-7-5-6-8-10-15)16-12-13(2)19-14(16)3/h12,15,17-18H,4-11H2,1-3H3. The van der Waals surface area contributed by atoms with Gasteiger partial charge in [0.2, 0.25) is 0 Å². The van der Waals surface area contributed by atoms with Gasteiger partial charge in [-0.1, -0.05) is 32.6 Å². The highest BCUT2D eigenvalue weighted by atomic mass is 16.3. The zero-order valence-electron chi connectivity index (χ0n) is 12.8. The van der Waals surface area contributed by atoms with Crippen molar-refractivity contribution in [1.82, 2.24) is 5.32 Å². The Morgan fingerprint density at radius 3 is 2.42 bits per heavy atom. The summed E-state index contributed by atoms with van der Waals surface area (Å²) < 4.78 is 5.76. The molecule has 0 bridgehead atoms. The van der Waals surface area contributed by atoms with Crippen molar-refractivity contribution >= 4 is 0 Å². The molecule has 1 fully saturated rings. The minimum absolute atomic E-state index is 0.496. The molecule has 1 aliphatic rings. The summed E-state index contributed by atoms with van der Waals surface area (Å²) in [5.41, 5.74) is 1.40. The topological polar surface area (TPSA) is 25.2 Å². The molecule has 2 heteroatoms. The van der Waals surface area contributed by atoms with E-state index >= 15 is 0 Å². The lowest BCUT2D eigenvalue weighted by Crippen LogP contribution is -2.29. The van der Waals surface area contributed by atoms with Crippen LogP contribution in [0.15, 0.2) is 10.5 Å². The average Bonchev–Trinajstić information content (AvgIpc) is 2.60. The van der Waals surface area contributed by atoms with Crippen LogP contribution in [0, 0.1) is 19.8 Å². The first-order valence-electron chi connectivity index (χ1n) is 8.02. The number of nitrogens with one attached hydrogen (secondary N) is 1. The van der Waals surface area contributed by atoms with E-state index in [2.05, 4.69) is 32.2 Å². The van der Waals surface area contributed by atoms with E-state index in [4.69, 9.17) is 4.42 Å². The molecule has 1 heterocycles. The second-order valence-corrected chi connectivity index (χ2v) is 6.05. The highest BCUT2D eigenvalue weighted by Crippen LogP contribution is 2.35. The van der Waals surface area contributed by atoms with Crippen molar-refractivity contribution in [1.29, 1.82) is 0 Å². The number of rotatable bonds is 5. The van der Waals surface area contributed by atoms with Gasteiger partial charge in [0.25, 0.3) is 0 Å². The molecule has 0 saturated heterocycles. The quantitative estimate of drug-likeness (QED) is 0.764. The first kappa shape index (κ1) is 14.6. The molecule has 1 atom stereocenters. The number of aryl methyl sites for hydroxylation is 2. The van der Waals surface area contributed by atoms with E-state index in [9.17, 15) is 0 Å². The summed E-state index contributed by atoms with van der Waals surface area (Å²) in [5, 5.41) is 3.78. The summed E-state index contributed by atoms with van der Waals surface area (Å²) in [6.07, 6.45) is 9.55. The molecule has 1 unspecified atom stereocenters. The SMILES string of the molecule is CCCNC(c1cc(C)oc1C)C1CCCCCC1. The Morgan fingerprint density at radius 1 is 1.21 bits per heavy atom. The fourth-order valence-electron chi connectivity index (χ4n) is 3.43. The van der Waals surface area contributed by atoms with Crippen molar-refractivity contribution in [2.45, 2.75) is 71.8 Å². The van der Waals surface area contributed by atoms with Gasteiger partial charge in [0.1, 0.15) is 11.5 Å². The summed E-state index contributed by atoms with van der Waals surface area (Å²) in [4.78, 5) is 0. The van der Waals surface area contributed by atoms with Crippen LogP contribution in [0.3, 0.4) is 0 Å². The summed E-state index contributed by atoms with van der Waals surface area (Å²) in [6, 6.07) is 2.74. The molecule has 0 amide bonds. The monoisotopic (exact) mass is 263 g/mol. The molecule has 0 aliphatic heterocycles. The van der Waals surface area contributed by atoms with Crippen LogP contribution < -0.4 is 5.32 Å². The largest absolute Gasteiger partial charge is 0.466 e. The zero-order valence-corrected chi connectivity index (χ0v) is 12.8. The maximum atomic E-state index is 5.76. The Kier molecular flexibility index (Phi) is 5.50. The number of hydrogen-bond donors (Lipinski definition) is 1. The molecular weight excluding hydrogens is 234 g/mol. The summed E-state index contributed by atoms with van der Waals surface area (Å²) in [6.45, 7) is 7.51. The van der Waals surface area contributed by atoms with Gasteiger partial charge in [0.05, 0.1) is 0 Å². The minimum Gasteiger partial charge on any atom is -0.466 e. The maximum Gasteiger partial charge on any atom is 0.105 e. The highest BCUT2D eigenvalue weighted by molar-refractivity contribution is 5.25. The first-order chi connectivity index (χ1) is 9.22. The van der Waals surface area contributed by atoms with Crippen LogP contribution in [0.2, 0.25) is 0 Å². The lowest BCUT2D eigenvalue weighted by Gasteiger charge is -2.27. The molecule has 1 N–H and O–H groups in total. The van der Waals surface area contributed by atoms with Crippen molar-refractivity contribution < 1.29 is 4.42 Å². The zero-order chi connectivity index (χ0) is 13.7. The van der Waals surface area contributed by atoms with Crippen molar-refractivity contribution in [3.8, 4) is 0 Å². The Bertz CT molecular complexity index is 375. The van der Waals surface area contributed by atoms with Gasteiger partial charge in [-0.15, -0.1) is 0 Å². The van der Waals surface area contributed by atoms with Gasteiger partial charge in [-0.25, -0.2) is 0 Å². The minimum atomic E-state index is 0.496. The fourth-order valence-corrected chi connectivity index (χ4v) is 3.43. The maximum absolute atomic E-state index is 5.76. The molecule has 0 spiro atoms. The smallest absolute Gasteiger partial charge is 0.105 e. The Hall–Kier alpha value is -0.760. The van der Waals surface area contributed by atoms with Gasteiger partial charge in [0, 0.05) is 11.6 Å². The molecule has 1 aromatic heterocycles. The van der Waals surface area contributed by atoms with Gasteiger partial charge in [0.15, 0.2) is 0 Å². The van der Waals surface area contributed by atoms with Crippen molar-refractivity contribution in [2.24, 2.45) is 5.92 Å². The second-order valence-electron chi connectivity index (χ2n) is 6.05. The van der Waals surface area contributed by atoms with Crippen LogP contribution in [0.4, 0.5) is 0 Å². The molecule has 1 aliphatic carbocycles. The first-order valence-corrected chi connectivity index (χ1v) is 8.02. The molecular formula is C17H29NO. The Balaban J connectivity index is 2.16. The fraction of sp³-hybridized carbons (Fsp3) is 0.765. The van der Waals surface area contributed by atoms with Crippen molar-refractivity contribution in [3.05, 3.63) is 23.2 Å². The molecule has 1 aromatic rings. The predicted octanol–water partition coefficient (Wildman–Crippen LogP) is 4.91. The van der Waals surface area contributed by atoms with Gasteiger partial charge >= 0.3 is 0 Å². The van der Waals surface area contributed by atoms with E-state index in [1.807, 2.05) is 0 Å². The summed E-state index contributed by atoms with van der Waals surface area (Å²) >= 11 is 0. The normalized spacial score (nSPS) is 19.3. The third-order valence-corrected chi connectivity index (χ3v) is 4.40. The van der Waals surface area contributed by atoms with E-state index in [-0.39, 0.29) is 0 Å². The van der Waals surface area contributed by atoms with Crippen LogP contribution in [0.25, 0.3) is 0 Å². The van der Waals surface area contributed by atoms with Crippen LogP contribution in [0.1, 0.15) is 75.0 Å². The molecule has 2 nitrogen and oxygen atoms in total. The van der Waals surface area contributed by atoms with Crippen LogP contribution in [0.5, 0.6) is 0 Å². The number of hydrogen-bond acceptors (Lipinski definition) is 2. The number of furan rings is 1. The van der Waals surface area contributed by atoms with Gasteiger partial charge in [-0.05, 0) is 51.6 Å². The van der Waals surface area contributed by atoms with E-state index in [1.54, 1.807) is 0 Å². The van der Waals surface area contributed by atoms with E-state index in [1.165, 1.54) is 50.5 Å². The molecule has 0 aromatic carbocycles. The van der Waals surface area contributed by atoms with Crippen molar-refractivity contribution in [2.75, 3.05) is 6.54 Å². The summed E-state index contributed by atoms with van der Waals surface area (Å²) in [5.74, 6) is 2.93. The van der Waals surface area contributed by atoms with Gasteiger partial charge in [-0.2, -0.15) is 0 Å². The lowest BCUT2D eigenvalue weighted by molar-refractivity contribution is 0.322. The molecule has 19 heavy (non-hydrogen) atoms. The predicted molar refractivity (Wildman–Crippen MR) is 80.4 cm³/mol. The van der Waals surface area contributed by atoms with Crippen LogP contribution >= 0.6 is 0 Å². The van der Waals surface area contributed by atoms with E-state index in [0.717, 1.165) is 24.0 Å². The second kappa shape index (κ2) is 7.14.